The molecule has 2 aromatic carbocycles. The molecule has 1 unspecified atom stereocenters. The molecule has 2 aromatic rings. The summed E-state index contributed by atoms with van der Waals surface area (Å²) in [5.41, 5.74) is 2.02. The molecular weight excluding hydrogens is 370 g/mol. The molecule has 0 bridgehead atoms. The average molecular weight is 397 g/mol. The van der Waals surface area contributed by atoms with Gasteiger partial charge in [0.1, 0.15) is 24.7 Å². The highest BCUT2D eigenvalue weighted by Gasteiger charge is 2.34. The van der Waals surface area contributed by atoms with Crippen LogP contribution in [0.2, 0.25) is 0 Å². The summed E-state index contributed by atoms with van der Waals surface area (Å²) < 4.78 is 11.8. The molecule has 3 rings (SSSR count). The fourth-order valence-corrected chi connectivity index (χ4v) is 3.46. The van der Waals surface area contributed by atoms with E-state index in [9.17, 15) is 9.59 Å². The van der Waals surface area contributed by atoms with E-state index in [1.165, 1.54) is 0 Å². The second-order valence-electron chi connectivity index (χ2n) is 7.51. The standard InChI is InChI=1S/C23H27NO5/c1-16(2)19-8-4-6-10-21(19)29-12-11-28-20-9-5-3-7-17(20)14-24-15-18(23(26)27)13-22(24)25/h3-10,16,18H,11-15H2,1-2H3,(H,26,27). The summed E-state index contributed by atoms with van der Waals surface area (Å²) in [6.45, 7) is 5.61. The molecule has 6 nitrogen and oxygen atoms in total. The molecular formula is C23H27NO5. The number of likely N-dealkylation sites (tertiary alicyclic amines) is 1. The third kappa shape index (κ3) is 5.28. The van der Waals surface area contributed by atoms with Gasteiger partial charge in [-0.1, -0.05) is 50.2 Å². The summed E-state index contributed by atoms with van der Waals surface area (Å²) in [6.07, 6.45) is 0.0570. The van der Waals surface area contributed by atoms with Crippen molar-refractivity contribution in [3.63, 3.8) is 0 Å². The summed E-state index contributed by atoms with van der Waals surface area (Å²) >= 11 is 0. The molecule has 0 spiro atoms. The van der Waals surface area contributed by atoms with Crippen LogP contribution in [0.4, 0.5) is 0 Å². The van der Waals surface area contributed by atoms with Crippen molar-refractivity contribution < 1.29 is 24.2 Å². The van der Waals surface area contributed by atoms with Crippen LogP contribution in [0, 0.1) is 5.92 Å². The molecule has 1 aliphatic rings. The van der Waals surface area contributed by atoms with E-state index in [4.69, 9.17) is 14.6 Å². The minimum absolute atomic E-state index is 0.0570. The van der Waals surface area contributed by atoms with Crippen LogP contribution in [0.3, 0.4) is 0 Å². The van der Waals surface area contributed by atoms with Gasteiger partial charge < -0.3 is 19.5 Å². The van der Waals surface area contributed by atoms with Gasteiger partial charge in [-0.15, -0.1) is 0 Å². The second kappa shape index (κ2) is 9.45. The zero-order valence-electron chi connectivity index (χ0n) is 16.8. The number of hydrogen-bond donors (Lipinski definition) is 1. The Morgan fingerprint density at radius 2 is 1.69 bits per heavy atom. The summed E-state index contributed by atoms with van der Waals surface area (Å²) in [5.74, 6) is 0.220. The van der Waals surface area contributed by atoms with Gasteiger partial charge in [0, 0.05) is 25.1 Å². The Morgan fingerprint density at radius 3 is 2.34 bits per heavy atom. The van der Waals surface area contributed by atoms with Gasteiger partial charge in [0.05, 0.1) is 5.92 Å². The highest BCUT2D eigenvalue weighted by atomic mass is 16.5. The van der Waals surface area contributed by atoms with Crippen LogP contribution < -0.4 is 9.47 Å². The summed E-state index contributed by atoms with van der Waals surface area (Å²) in [4.78, 5) is 24.8. The smallest absolute Gasteiger partial charge is 0.308 e. The molecule has 1 N–H and O–H groups in total. The van der Waals surface area contributed by atoms with Crippen molar-refractivity contribution in [1.82, 2.24) is 4.90 Å². The van der Waals surface area contributed by atoms with Gasteiger partial charge in [-0.05, 0) is 23.6 Å². The van der Waals surface area contributed by atoms with Gasteiger partial charge in [0.25, 0.3) is 0 Å². The van der Waals surface area contributed by atoms with Crippen molar-refractivity contribution in [2.75, 3.05) is 19.8 Å². The number of aliphatic carboxylic acids is 1. The second-order valence-corrected chi connectivity index (χ2v) is 7.51. The number of rotatable bonds is 9. The van der Waals surface area contributed by atoms with Crippen molar-refractivity contribution >= 4 is 11.9 Å². The summed E-state index contributed by atoms with van der Waals surface area (Å²) in [7, 11) is 0. The highest BCUT2D eigenvalue weighted by molar-refractivity contribution is 5.86. The molecule has 1 fully saturated rings. The van der Waals surface area contributed by atoms with Crippen molar-refractivity contribution in [2.24, 2.45) is 5.92 Å². The summed E-state index contributed by atoms with van der Waals surface area (Å²) in [5, 5.41) is 9.14. The van der Waals surface area contributed by atoms with Gasteiger partial charge in [-0.25, -0.2) is 0 Å². The number of benzene rings is 2. The number of carbonyl (C=O) groups is 2. The normalized spacial score (nSPS) is 16.3. The molecule has 1 heterocycles. The van der Waals surface area contributed by atoms with E-state index < -0.39 is 11.9 Å². The maximum Gasteiger partial charge on any atom is 0.308 e. The fourth-order valence-electron chi connectivity index (χ4n) is 3.46. The molecule has 1 saturated heterocycles. The Hall–Kier alpha value is -3.02. The van der Waals surface area contributed by atoms with Crippen molar-refractivity contribution in [3.8, 4) is 11.5 Å². The quantitative estimate of drug-likeness (QED) is 0.653. The Kier molecular flexibility index (Phi) is 6.75. The van der Waals surface area contributed by atoms with Crippen molar-refractivity contribution in [1.29, 1.82) is 0 Å². The third-order valence-corrected chi connectivity index (χ3v) is 5.04. The van der Waals surface area contributed by atoms with Crippen LogP contribution in [0.1, 0.15) is 37.3 Å². The Morgan fingerprint density at radius 1 is 1.07 bits per heavy atom. The van der Waals surface area contributed by atoms with Crippen LogP contribution in [-0.2, 0) is 16.1 Å². The van der Waals surface area contributed by atoms with Crippen LogP contribution in [0.25, 0.3) is 0 Å². The molecule has 0 saturated carbocycles. The largest absolute Gasteiger partial charge is 0.490 e. The topological polar surface area (TPSA) is 76.1 Å². The van der Waals surface area contributed by atoms with Crippen molar-refractivity contribution in [2.45, 2.75) is 32.7 Å². The zero-order valence-corrected chi connectivity index (χ0v) is 16.8. The van der Waals surface area contributed by atoms with E-state index in [0.717, 1.165) is 16.9 Å². The molecule has 154 valence electrons. The predicted molar refractivity (Wildman–Crippen MR) is 109 cm³/mol. The van der Waals surface area contributed by atoms with Crippen LogP contribution in [0.15, 0.2) is 48.5 Å². The van der Waals surface area contributed by atoms with Crippen LogP contribution in [-0.4, -0.2) is 41.6 Å². The first kappa shape index (κ1) is 20.7. The van der Waals surface area contributed by atoms with Gasteiger partial charge in [0.15, 0.2) is 0 Å². The van der Waals surface area contributed by atoms with E-state index in [1.54, 1.807) is 4.90 Å². The molecule has 0 aromatic heterocycles. The lowest BCUT2D eigenvalue weighted by atomic mass is 10.0. The Bertz CT molecular complexity index is 864. The minimum Gasteiger partial charge on any atom is -0.490 e. The Labute approximate surface area is 171 Å². The lowest BCUT2D eigenvalue weighted by Crippen LogP contribution is -2.26. The predicted octanol–water partition coefficient (Wildman–Crippen LogP) is 3.70. The van der Waals surface area contributed by atoms with Gasteiger partial charge in [-0.3, -0.25) is 9.59 Å². The SMILES string of the molecule is CC(C)c1ccccc1OCCOc1ccccc1CN1CC(C(=O)O)CC1=O. The number of hydrogen-bond acceptors (Lipinski definition) is 4. The van der Waals surface area contributed by atoms with Gasteiger partial charge in [0.2, 0.25) is 5.91 Å². The van der Waals surface area contributed by atoms with Crippen LogP contribution in [0.5, 0.6) is 11.5 Å². The molecule has 29 heavy (non-hydrogen) atoms. The number of para-hydroxylation sites is 2. The van der Waals surface area contributed by atoms with Gasteiger partial charge >= 0.3 is 5.97 Å². The first-order valence-corrected chi connectivity index (χ1v) is 9.88. The number of ether oxygens (including phenoxy) is 2. The maximum absolute atomic E-state index is 12.1. The highest BCUT2D eigenvalue weighted by Crippen LogP contribution is 2.27. The lowest BCUT2D eigenvalue weighted by molar-refractivity contribution is -0.141. The Balaban J connectivity index is 1.56. The fraction of sp³-hybridized carbons (Fsp3) is 0.391. The first-order chi connectivity index (χ1) is 14.0. The number of carboxylic acid groups (broad SMARTS) is 1. The lowest BCUT2D eigenvalue weighted by Gasteiger charge is -2.19. The van der Waals surface area contributed by atoms with E-state index in [1.807, 2.05) is 42.5 Å². The molecule has 1 amide bonds. The number of carbonyl (C=O) groups excluding carboxylic acids is 1. The minimum atomic E-state index is -0.927. The monoisotopic (exact) mass is 397 g/mol. The molecule has 1 atom stereocenters. The van der Waals surface area contributed by atoms with Crippen molar-refractivity contribution in [3.05, 3.63) is 59.7 Å². The van der Waals surface area contributed by atoms with Crippen LogP contribution >= 0.6 is 0 Å². The maximum atomic E-state index is 12.1. The van der Waals surface area contributed by atoms with E-state index >= 15 is 0 Å². The van der Waals surface area contributed by atoms with E-state index in [2.05, 4.69) is 19.9 Å². The van der Waals surface area contributed by atoms with E-state index in [0.29, 0.717) is 31.4 Å². The number of nitrogens with zero attached hydrogens (tertiary/aromatic N) is 1. The number of amides is 1. The van der Waals surface area contributed by atoms with E-state index in [-0.39, 0.29) is 18.9 Å². The average Bonchev–Trinajstić information content (AvgIpc) is 3.07. The van der Waals surface area contributed by atoms with Gasteiger partial charge in [-0.2, -0.15) is 0 Å². The molecule has 0 aliphatic carbocycles. The molecule has 1 aliphatic heterocycles. The summed E-state index contributed by atoms with van der Waals surface area (Å²) in [6, 6.07) is 15.5. The first-order valence-electron chi connectivity index (χ1n) is 9.88. The number of carboxylic acids is 1. The zero-order chi connectivity index (χ0) is 20.8. The third-order valence-electron chi connectivity index (χ3n) is 5.04. The molecule has 0 radical (unpaired) electrons. The molecule has 6 heteroatoms.